The summed E-state index contributed by atoms with van der Waals surface area (Å²) in [7, 11) is 0. The van der Waals surface area contributed by atoms with Gasteiger partial charge in [-0.25, -0.2) is 4.79 Å². The number of carbonyl (C=O) groups is 1. The summed E-state index contributed by atoms with van der Waals surface area (Å²) >= 11 is 0. The van der Waals surface area contributed by atoms with E-state index in [1.54, 1.807) is 20.8 Å². The lowest BCUT2D eigenvalue weighted by atomic mass is 10.1. The summed E-state index contributed by atoms with van der Waals surface area (Å²) in [5, 5.41) is 0. The average Bonchev–Trinajstić information content (AvgIpc) is 2.35. The fourth-order valence-electron chi connectivity index (χ4n) is 2.05. The number of hydrogen-bond donors (Lipinski definition) is 0. The largest absolute Gasteiger partial charge is 0.444 e. The minimum absolute atomic E-state index is 0.00483. The van der Waals surface area contributed by atoms with Crippen molar-refractivity contribution < 1.29 is 23.0 Å². The molecule has 0 unspecified atom stereocenters. The summed E-state index contributed by atoms with van der Waals surface area (Å²) < 4.78 is 34.0. The molecule has 0 fully saturated rings. The van der Waals surface area contributed by atoms with Crippen LogP contribution in [0.3, 0.4) is 0 Å². The van der Waals surface area contributed by atoms with Crippen molar-refractivity contribution in [1.29, 1.82) is 0 Å². The Bertz CT molecular complexity index is 529. The molecule has 1 aliphatic rings. The van der Waals surface area contributed by atoms with E-state index in [9.17, 15) is 13.6 Å². The number of halogens is 2. The van der Waals surface area contributed by atoms with E-state index in [-0.39, 0.29) is 12.3 Å². The number of pyridine rings is 1. The van der Waals surface area contributed by atoms with Crippen LogP contribution in [0.15, 0.2) is 12.3 Å². The molecule has 7 heteroatoms. The van der Waals surface area contributed by atoms with Crippen molar-refractivity contribution >= 4 is 6.09 Å². The highest BCUT2D eigenvalue weighted by Crippen LogP contribution is 2.24. The molecule has 2 heterocycles. The van der Waals surface area contributed by atoms with Gasteiger partial charge in [0, 0.05) is 18.7 Å². The third kappa shape index (κ3) is 4.27. The number of alkyl halides is 2. The first-order valence-corrected chi connectivity index (χ1v) is 6.65. The Morgan fingerprint density at radius 3 is 2.76 bits per heavy atom. The van der Waals surface area contributed by atoms with Crippen LogP contribution in [0.2, 0.25) is 0 Å². The highest BCUT2D eigenvalue weighted by Gasteiger charge is 2.26. The Kier molecular flexibility index (Phi) is 4.29. The minimum Gasteiger partial charge on any atom is -0.444 e. The van der Waals surface area contributed by atoms with Crippen LogP contribution in [-0.2, 0) is 17.7 Å². The molecule has 0 saturated heterocycles. The van der Waals surface area contributed by atoms with Crippen molar-refractivity contribution in [3.63, 3.8) is 0 Å². The summed E-state index contributed by atoms with van der Waals surface area (Å²) in [6.07, 6.45) is 1.41. The molecule has 1 aromatic heterocycles. The van der Waals surface area contributed by atoms with Crippen LogP contribution in [0.5, 0.6) is 5.75 Å². The van der Waals surface area contributed by atoms with E-state index in [1.807, 2.05) is 0 Å². The number of aromatic nitrogens is 1. The van der Waals surface area contributed by atoms with Crippen molar-refractivity contribution in [3.05, 3.63) is 23.5 Å². The monoisotopic (exact) mass is 300 g/mol. The maximum atomic E-state index is 12.2. The van der Waals surface area contributed by atoms with E-state index < -0.39 is 18.3 Å². The molecule has 0 bridgehead atoms. The molecule has 0 N–H and O–H groups in total. The van der Waals surface area contributed by atoms with Gasteiger partial charge >= 0.3 is 12.7 Å². The highest BCUT2D eigenvalue weighted by atomic mass is 19.3. The number of amides is 1. The van der Waals surface area contributed by atoms with Gasteiger partial charge in [0.2, 0.25) is 0 Å². The Morgan fingerprint density at radius 1 is 1.43 bits per heavy atom. The second-order valence-electron chi connectivity index (χ2n) is 5.81. The van der Waals surface area contributed by atoms with Crippen LogP contribution >= 0.6 is 0 Å². The summed E-state index contributed by atoms with van der Waals surface area (Å²) in [6.45, 7) is 3.24. The van der Waals surface area contributed by atoms with Crippen molar-refractivity contribution in [2.45, 2.75) is 45.9 Å². The molecule has 0 aromatic carbocycles. The molecule has 0 radical (unpaired) electrons. The van der Waals surface area contributed by atoms with Gasteiger partial charge in [-0.05, 0) is 32.4 Å². The molecule has 1 aromatic rings. The standard InChI is InChI=1S/C14H18F2N2O3/c1-14(2,3)21-13(19)18-5-4-11-9(8-18)6-10(7-17-11)20-12(15)16/h6-7,12H,4-5,8H2,1-3H3. The van der Waals surface area contributed by atoms with Gasteiger partial charge in [-0.3, -0.25) is 4.98 Å². The molecule has 1 amide bonds. The van der Waals surface area contributed by atoms with Crippen molar-refractivity contribution in [1.82, 2.24) is 9.88 Å². The predicted octanol–water partition coefficient (Wildman–Crippen LogP) is 2.98. The minimum atomic E-state index is -2.89. The maximum absolute atomic E-state index is 12.2. The number of ether oxygens (including phenoxy) is 2. The predicted molar refractivity (Wildman–Crippen MR) is 71.2 cm³/mol. The first-order chi connectivity index (χ1) is 9.74. The zero-order valence-corrected chi connectivity index (χ0v) is 12.2. The molecule has 0 atom stereocenters. The van der Waals surface area contributed by atoms with Crippen molar-refractivity contribution in [3.8, 4) is 5.75 Å². The van der Waals surface area contributed by atoms with Crippen LogP contribution in [0.4, 0.5) is 13.6 Å². The summed E-state index contributed by atoms with van der Waals surface area (Å²) in [6, 6.07) is 1.49. The zero-order valence-electron chi connectivity index (χ0n) is 12.2. The third-order valence-corrected chi connectivity index (χ3v) is 2.89. The molecule has 0 saturated carbocycles. The van der Waals surface area contributed by atoms with Crippen molar-refractivity contribution in [2.75, 3.05) is 6.54 Å². The van der Waals surface area contributed by atoms with E-state index in [0.717, 1.165) is 5.69 Å². The van der Waals surface area contributed by atoms with Crippen molar-refractivity contribution in [2.24, 2.45) is 0 Å². The van der Waals surface area contributed by atoms with Gasteiger partial charge in [-0.2, -0.15) is 8.78 Å². The van der Waals surface area contributed by atoms with Gasteiger partial charge in [0.1, 0.15) is 11.4 Å². The Morgan fingerprint density at radius 2 is 2.14 bits per heavy atom. The summed E-state index contributed by atoms with van der Waals surface area (Å²) in [5.41, 5.74) is 0.915. The quantitative estimate of drug-likeness (QED) is 0.842. The van der Waals surface area contributed by atoms with Crippen LogP contribution in [-0.4, -0.2) is 34.7 Å². The van der Waals surface area contributed by atoms with Gasteiger partial charge < -0.3 is 14.4 Å². The lowest BCUT2D eigenvalue weighted by Crippen LogP contribution is -2.40. The Labute approximate surface area is 121 Å². The Hall–Kier alpha value is -1.92. The topological polar surface area (TPSA) is 51.7 Å². The lowest BCUT2D eigenvalue weighted by molar-refractivity contribution is -0.0502. The molecule has 2 rings (SSSR count). The van der Waals surface area contributed by atoms with Gasteiger partial charge in [0.25, 0.3) is 0 Å². The molecular weight excluding hydrogens is 282 g/mol. The van der Waals surface area contributed by atoms with Crippen LogP contribution in [0.1, 0.15) is 32.0 Å². The van der Waals surface area contributed by atoms with Gasteiger partial charge in [0.15, 0.2) is 0 Å². The van der Waals surface area contributed by atoms with E-state index in [2.05, 4.69) is 9.72 Å². The lowest BCUT2D eigenvalue weighted by Gasteiger charge is -2.30. The fourth-order valence-corrected chi connectivity index (χ4v) is 2.05. The van der Waals surface area contributed by atoms with E-state index in [1.165, 1.54) is 17.2 Å². The number of fused-ring (bicyclic) bond motifs is 1. The van der Waals surface area contributed by atoms with Gasteiger partial charge in [0.05, 0.1) is 12.7 Å². The van der Waals surface area contributed by atoms with Crippen LogP contribution < -0.4 is 4.74 Å². The second kappa shape index (κ2) is 5.83. The first kappa shape index (κ1) is 15.5. The molecule has 0 spiro atoms. The normalized spacial score (nSPS) is 14.9. The molecule has 21 heavy (non-hydrogen) atoms. The first-order valence-electron chi connectivity index (χ1n) is 6.65. The molecule has 0 aliphatic carbocycles. The SMILES string of the molecule is CC(C)(C)OC(=O)N1CCc2ncc(OC(F)F)cc2C1. The Balaban J connectivity index is 2.09. The van der Waals surface area contributed by atoms with Gasteiger partial charge in [-0.1, -0.05) is 0 Å². The van der Waals surface area contributed by atoms with E-state index >= 15 is 0 Å². The number of rotatable bonds is 2. The summed E-state index contributed by atoms with van der Waals surface area (Å²) in [4.78, 5) is 17.7. The maximum Gasteiger partial charge on any atom is 0.410 e. The summed E-state index contributed by atoms with van der Waals surface area (Å²) in [5.74, 6) is -0.00483. The molecule has 1 aliphatic heterocycles. The molecule has 5 nitrogen and oxygen atoms in total. The fraction of sp³-hybridized carbons (Fsp3) is 0.571. The van der Waals surface area contributed by atoms with Gasteiger partial charge in [-0.15, -0.1) is 0 Å². The smallest absolute Gasteiger partial charge is 0.410 e. The molecule has 116 valence electrons. The van der Waals surface area contributed by atoms with E-state index in [4.69, 9.17) is 4.74 Å². The second-order valence-corrected chi connectivity index (χ2v) is 5.81. The zero-order chi connectivity index (χ0) is 15.6. The number of nitrogens with zero attached hydrogens (tertiary/aromatic N) is 2. The van der Waals surface area contributed by atoms with Crippen LogP contribution in [0, 0.1) is 0 Å². The highest BCUT2D eigenvalue weighted by molar-refractivity contribution is 5.68. The third-order valence-electron chi connectivity index (χ3n) is 2.89. The molecular formula is C14H18F2N2O3. The van der Waals surface area contributed by atoms with Crippen LogP contribution in [0.25, 0.3) is 0 Å². The average molecular weight is 300 g/mol. The number of hydrogen-bond acceptors (Lipinski definition) is 4. The number of carbonyl (C=O) groups excluding carboxylic acids is 1. The van der Waals surface area contributed by atoms with E-state index in [0.29, 0.717) is 18.5 Å².